The van der Waals surface area contributed by atoms with Crippen molar-refractivity contribution in [2.24, 2.45) is 0 Å². The molecule has 0 bridgehead atoms. The summed E-state index contributed by atoms with van der Waals surface area (Å²) in [5.74, 6) is -1.47. The Balaban J connectivity index is 3.13. The Morgan fingerprint density at radius 1 is 1.38 bits per heavy atom. The summed E-state index contributed by atoms with van der Waals surface area (Å²) in [5.41, 5.74) is -1.73. The van der Waals surface area contributed by atoms with Crippen LogP contribution in [-0.2, 0) is 0 Å². The molecule has 0 saturated carbocycles. The molecule has 0 aliphatic heterocycles. The van der Waals surface area contributed by atoms with Crippen molar-refractivity contribution in [3.63, 3.8) is 0 Å². The van der Waals surface area contributed by atoms with Gasteiger partial charge in [0.15, 0.2) is 6.10 Å². The fourth-order valence-electron chi connectivity index (χ4n) is 1.03. The molecule has 0 aromatic heterocycles. The average Bonchev–Trinajstić information content (AvgIpc) is 2.15. The van der Waals surface area contributed by atoms with Gasteiger partial charge in [-0.3, -0.25) is 10.1 Å². The Morgan fingerprint density at radius 2 is 1.94 bits per heavy atom. The van der Waals surface area contributed by atoms with Gasteiger partial charge < -0.3 is 5.11 Å². The molecule has 0 amide bonds. The van der Waals surface area contributed by atoms with Crippen LogP contribution in [-0.4, -0.2) is 16.2 Å². The quantitative estimate of drug-likeness (QED) is 0.489. The van der Waals surface area contributed by atoms with Crippen LogP contribution in [0.4, 0.5) is 23.2 Å². The van der Waals surface area contributed by atoms with Crippen LogP contribution in [0.2, 0.25) is 0 Å². The van der Waals surface area contributed by atoms with Gasteiger partial charge in [0.2, 0.25) is 0 Å². The lowest BCUT2D eigenvalue weighted by Gasteiger charge is -2.14. The van der Waals surface area contributed by atoms with Gasteiger partial charge in [-0.15, -0.1) is 0 Å². The number of nitro benzene ring substituents is 1. The van der Waals surface area contributed by atoms with Gasteiger partial charge in [0.05, 0.1) is 11.0 Å². The van der Waals surface area contributed by atoms with E-state index in [0.29, 0.717) is 18.2 Å². The molecule has 1 aromatic rings. The zero-order chi connectivity index (χ0) is 12.5. The van der Waals surface area contributed by atoms with Gasteiger partial charge in [-0.2, -0.15) is 13.2 Å². The van der Waals surface area contributed by atoms with Crippen molar-refractivity contribution >= 4 is 5.69 Å². The van der Waals surface area contributed by atoms with Crippen LogP contribution >= 0.6 is 0 Å². The molecule has 1 aromatic carbocycles. The van der Waals surface area contributed by atoms with E-state index in [1.54, 1.807) is 0 Å². The van der Waals surface area contributed by atoms with E-state index in [9.17, 15) is 27.7 Å². The summed E-state index contributed by atoms with van der Waals surface area (Å²) in [6.07, 6.45) is -8.01. The SMILES string of the molecule is O=[N+]([O-])c1ccc([C@@H](O)C(F)(F)F)c(F)c1. The molecule has 16 heavy (non-hydrogen) atoms. The van der Waals surface area contributed by atoms with Crippen LogP contribution in [0, 0.1) is 15.9 Å². The molecule has 0 spiro atoms. The monoisotopic (exact) mass is 239 g/mol. The maximum atomic E-state index is 13.0. The Morgan fingerprint density at radius 3 is 2.31 bits per heavy atom. The van der Waals surface area contributed by atoms with E-state index in [-0.39, 0.29) is 0 Å². The first-order chi connectivity index (χ1) is 7.23. The van der Waals surface area contributed by atoms with Gasteiger partial charge in [0.1, 0.15) is 5.82 Å². The van der Waals surface area contributed by atoms with Crippen molar-refractivity contribution in [3.8, 4) is 0 Å². The highest BCUT2D eigenvalue weighted by Gasteiger charge is 2.41. The third-order valence-corrected chi connectivity index (χ3v) is 1.80. The summed E-state index contributed by atoms with van der Waals surface area (Å²) in [6.45, 7) is 0. The third kappa shape index (κ3) is 2.45. The second-order valence-corrected chi connectivity index (χ2v) is 2.91. The van der Waals surface area contributed by atoms with E-state index in [1.807, 2.05) is 0 Å². The van der Waals surface area contributed by atoms with Crippen molar-refractivity contribution in [2.45, 2.75) is 12.3 Å². The number of rotatable bonds is 2. The number of non-ortho nitro benzene ring substituents is 1. The number of benzene rings is 1. The maximum Gasteiger partial charge on any atom is 0.418 e. The van der Waals surface area contributed by atoms with Crippen LogP contribution in [0.15, 0.2) is 18.2 Å². The predicted octanol–water partition coefficient (Wildman–Crippen LogP) is 2.33. The molecule has 0 saturated heterocycles. The van der Waals surface area contributed by atoms with Gasteiger partial charge in [0.25, 0.3) is 5.69 Å². The first-order valence-corrected chi connectivity index (χ1v) is 3.92. The van der Waals surface area contributed by atoms with Crippen LogP contribution in [0.1, 0.15) is 11.7 Å². The molecule has 1 rings (SSSR count). The van der Waals surface area contributed by atoms with Crippen molar-refractivity contribution < 1.29 is 27.6 Å². The third-order valence-electron chi connectivity index (χ3n) is 1.80. The summed E-state index contributed by atoms with van der Waals surface area (Å²) >= 11 is 0. The Bertz CT molecular complexity index is 418. The van der Waals surface area contributed by atoms with E-state index in [1.165, 1.54) is 0 Å². The smallest absolute Gasteiger partial charge is 0.379 e. The summed E-state index contributed by atoms with van der Waals surface area (Å²) in [4.78, 5) is 9.23. The standard InChI is InChI=1S/C8H5F4NO3/c9-6-3-4(13(15)16)1-2-5(6)7(14)8(10,11)12/h1-3,7,14H/t7-/m1/s1. The van der Waals surface area contributed by atoms with Crippen molar-refractivity contribution in [1.82, 2.24) is 0 Å². The number of hydrogen-bond acceptors (Lipinski definition) is 3. The van der Waals surface area contributed by atoms with Crippen LogP contribution in [0.5, 0.6) is 0 Å². The molecule has 1 atom stereocenters. The molecule has 0 aliphatic carbocycles. The number of nitro groups is 1. The highest BCUT2D eigenvalue weighted by Crippen LogP contribution is 2.34. The zero-order valence-electron chi connectivity index (χ0n) is 7.53. The topological polar surface area (TPSA) is 63.4 Å². The second kappa shape index (κ2) is 4.05. The van der Waals surface area contributed by atoms with E-state index in [4.69, 9.17) is 5.11 Å². The summed E-state index contributed by atoms with van der Waals surface area (Å²) in [6, 6.07) is 1.54. The molecule has 0 radical (unpaired) electrons. The van der Waals surface area contributed by atoms with Crippen LogP contribution in [0.25, 0.3) is 0 Å². The number of alkyl halides is 3. The summed E-state index contributed by atoms with van der Waals surface area (Å²) in [5, 5.41) is 18.9. The Hall–Kier alpha value is -1.70. The molecule has 0 aliphatic rings. The van der Waals surface area contributed by atoms with Crippen molar-refractivity contribution in [2.75, 3.05) is 0 Å². The lowest BCUT2D eigenvalue weighted by molar-refractivity contribution is -0.385. The first-order valence-electron chi connectivity index (χ1n) is 3.92. The minimum atomic E-state index is -5.02. The fourth-order valence-corrected chi connectivity index (χ4v) is 1.03. The Labute approximate surface area is 86.3 Å². The second-order valence-electron chi connectivity index (χ2n) is 2.91. The lowest BCUT2D eigenvalue weighted by Crippen LogP contribution is -2.21. The van der Waals surface area contributed by atoms with Gasteiger partial charge in [-0.1, -0.05) is 0 Å². The maximum absolute atomic E-state index is 13.0. The molecule has 4 nitrogen and oxygen atoms in total. The van der Waals surface area contributed by atoms with E-state index < -0.39 is 34.3 Å². The molecule has 0 unspecified atom stereocenters. The van der Waals surface area contributed by atoms with Gasteiger partial charge in [-0.05, 0) is 6.07 Å². The van der Waals surface area contributed by atoms with Crippen LogP contribution in [0.3, 0.4) is 0 Å². The average molecular weight is 239 g/mol. The predicted molar refractivity (Wildman–Crippen MR) is 44.1 cm³/mol. The number of halogens is 4. The number of hydrogen-bond donors (Lipinski definition) is 1. The molecular weight excluding hydrogens is 234 g/mol. The van der Waals surface area contributed by atoms with Gasteiger partial charge in [0, 0.05) is 11.6 Å². The highest BCUT2D eigenvalue weighted by molar-refractivity contribution is 5.35. The number of nitrogens with zero attached hydrogens (tertiary/aromatic N) is 1. The molecular formula is C8H5F4NO3. The van der Waals surface area contributed by atoms with E-state index >= 15 is 0 Å². The first kappa shape index (κ1) is 12.4. The van der Waals surface area contributed by atoms with Crippen molar-refractivity contribution in [3.05, 3.63) is 39.7 Å². The van der Waals surface area contributed by atoms with Crippen LogP contribution < -0.4 is 0 Å². The lowest BCUT2D eigenvalue weighted by atomic mass is 10.1. The minimum Gasteiger partial charge on any atom is -0.379 e. The number of aliphatic hydroxyl groups is 1. The molecule has 8 heteroatoms. The van der Waals surface area contributed by atoms with E-state index in [0.717, 1.165) is 0 Å². The normalized spacial score (nSPS) is 13.6. The molecule has 1 N–H and O–H groups in total. The summed E-state index contributed by atoms with van der Waals surface area (Å²) < 4.78 is 49.1. The molecule has 0 fully saturated rings. The zero-order valence-corrected chi connectivity index (χ0v) is 7.53. The minimum absolute atomic E-state index is 0.324. The largest absolute Gasteiger partial charge is 0.418 e. The van der Waals surface area contributed by atoms with E-state index in [2.05, 4.69) is 0 Å². The summed E-state index contributed by atoms with van der Waals surface area (Å²) in [7, 11) is 0. The number of aliphatic hydroxyl groups excluding tert-OH is 1. The molecule has 0 heterocycles. The Kier molecular flexibility index (Phi) is 3.13. The van der Waals surface area contributed by atoms with Gasteiger partial charge >= 0.3 is 6.18 Å². The highest BCUT2D eigenvalue weighted by atomic mass is 19.4. The van der Waals surface area contributed by atoms with Gasteiger partial charge in [-0.25, -0.2) is 4.39 Å². The fraction of sp³-hybridized carbons (Fsp3) is 0.250. The molecule has 88 valence electrons. The van der Waals surface area contributed by atoms with Crippen molar-refractivity contribution in [1.29, 1.82) is 0 Å².